The van der Waals surface area contributed by atoms with Gasteiger partial charge in [0.15, 0.2) is 0 Å². The highest BCUT2D eigenvalue weighted by Gasteiger charge is 2.72. The van der Waals surface area contributed by atoms with E-state index in [0.717, 1.165) is 142 Å². The van der Waals surface area contributed by atoms with Crippen molar-refractivity contribution in [3.05, 3.63) is 107 Å². The number of hydrogen-bond donors (Lipinski definition) is 7. The van der Waals surface area contributed by atoms with Crippen molar-refractivity contribution in [3.63, 3.8) is 0 Å². The van der Waals surface area contributed by atoms with Gasteiger partial charge in [-0.3, -0.25) is 14.4 Å². The third-order valence-electron chi connectivity index (χ3n) is 27.4. The molecular formula is C76H107FN6O4. The Morgan fingerprint density at radius 1 is 0.540 bits per heavy atom. The summed E-state index contributed by atoms with van der Waals surface area (Å²) in [6.45, 7) is 16.0. The Morgan fingerprint density at radius 2 is 1.05 bits per heavy atom. The zero-order valence-corrected chi connectivity index (χ0v) is 53.9. The Balaban J connectivity index is 0.810. The van der Waals surface area contributed by atoms with Crippen molar-refractivity contribution in [1.29, 1.82) is 0 Å². The number of carbonyl (C=O) groups is 3. The van der Waals surface area contributed by atoms with Crippen LogP contribution in [-0.2, 0) is 41.5 Å². The van der Waals surface area contributed by atoms with Gasteiger partial charge in [-0.15, -0.1) is 0 Å². The Bertz CT molecular complexity index is 3060. The summed E-state index contributed by atoms with van der Waals surface area (Å²) in [6.07, 6.45) is 25.5. The summed E-state index contributed by atoms with van der Waals surface area (Å²) in [5, 5.41) is 31.8. The molecular weight excluding hydrogens is 1080 g/mol. The third kappa shape index (κ3) is 10.3. The van der Waals surface area contributed by atoms with Crippen LogP contribution in [-0.4, -0.2) is 92.5 Å². The lowest BCUT2D eigenvalue weighted by molar-refractivity contribution is -0.171. The van der Waals surface area contributed by atoms with Crippen LogP contribution < -0.4 is 31.9 Å². The number of benzene rings is 3. The van der Waals surface area contributed by atoms with E-state index in [4.69, 9.17) is 0 Å². The quantitative estimate of drug-likeness (QED) is 0.0713. The third-order valence-corrected chi connectivity index (χ3v) is 27.4. The van der Waals surface area contributed by atoms with Crippen molar-refractivity contribution < 1.29 is 23.9 Å². The number of halogens is 1. The number of fused-ring (bicyclic) bond motifs is 2. The van der Waals surface area contributed by atoms with E-state index >= 15 is 9.59 Å². The highest BCUT2D eigenvalue weighted by Crippen LogP contribution is 2.77. The lowest BCUT2D eigenvalue weighted by Crippen LogP contribution is -2.68. The predicted octanol–water partition coefficient (Wildman–Crippen LogP) is 12.5. The molecule has 3 aliphatic heterocycles. The van der Waals surface area contributed by atoms with Crippen LogP contribution in [0, 0.1) is 38.4 Å². The number of nitrogens with one attached hydrogen (secondary N) is 6. The van der Waals surface area contributed by atoms with Crippen LogP contribution in [0.15, 0.2) is 78.9 Å². The van der Waals surface area contributed by atoms with Gasteiger partial charge in [-0.2, -0.15) is 0 Å². The van der Waals surface area contributed by atoms with Crippen molar-refractivity contribution in [3.8, 4) is 0 Å². The van der Waals surface area contributed by atoms with Gasteiger partial charge in [0, 0.05) is 32.1 Å². The normalized spacial score (nSPS) is 43.2. The molecule has 13 aliphatic rings. The molecule has 3 aromatic carbocycles. The fourth-order valence-electron chi connectivity index (χ4n) is 24.7. The minimum absolute atomic E-state index is 0.00790. The number of rotatable bonds is 17. The van der Waals surface area contributed by atoms with E-state index < -0.39 is 23.1 Å². The van der Waals surface area contributed by atoms with Crippen LogP contribution in [0.25, 0.3) is 0 Å². The smallest absolute Gasteiger partial charge is 0.226 e. The molecule has 10 bridgehead atoms. The average Bonchev–Trinajstić information content (AvgIpc) is 0.682. The van der Waals surface area contributed by atoms with Crippen molar-refractivity contribution in [2.24, 2.45) is 38.4 Å². The molecule has 3 aromatic rings. The number of piperidine rings is 3. The molecule has 87 heavy (non-hydrogen) atoms. The summed E-state index contributed by atoms with van der Waals surface area (Å²) in [6, 6.07) is 31.0. The summed E-state index contributed by atoms with van der Waals surface area (Å²) in [4.78, 5) is 44.9. The summed E-state index contributed by atoms with van der Waals surface area (Å²) >= 11 is 0. The molecule has 10 nitrogen and oxygen atoms in total. The number of amides is 3. The van der Waals surface area contributed by atoms with Gasteiger partial charge in [-0.1, -0.05) is 139 Å². The topological polar surface area (TPSA) is 144 Å². The number of aliphatic hydroxyl groups is 1. The first-order valence-corrected chi connectivity index (χ1v) is 35.3. The molecule has 0 spiro atoms. The largest absolute Gasteiger partial charge is 0.390 e. The molecule has 10 aliphatic carbocycles. The van der Waals surface area contributed by atoms with Crippen LogP contribution in [0.1, 0.15) is 236 Å². The zero-order valence-electron chi connectivity index (χ0n) is 53.9. The van der Waals surface area contributed by atoms with Crippen LogP contribution in [0.5, 0.6) is 0 Å². The molecule has 472 valence electrons. The summed E-state index contributed by atoms with van der Waals surface area (Å²) in [5.41, 5.74) is 5.65. The van der Waals surface area contributed by atoms with E-state index in [1.54, 1.807) is 0 Å². The lowest BCUT2D eigenvalue weighted by Gasteiger charge is -2.71. The second-order valence-corrected chi connectivity index (χ2v) is 33.7. The molecule has 16 rings (SSSR count). The number of alkyl halides is 1. The zero-order chi connectivity index (χ0) is 60.4. The first-order chi connectivity index (χ1) is 41.7. The van der Waals surface area contributed by atoms with Gasteiger partial charge in [-0.05, 0) is 243 Å². The molecule has 16 atom stereocenters. The minimum Gasteiger partial charge on any atom is -0.390 e. The molecule has 11 heteroatoms. The Hall–Kier alpha value is -4.16. The van der Waals surface area contributed by atoms with E-state index in [1.807, 2.05) is 0 Å². The molecule has 6 unspecified atom stereocenters. The number of carbonyl (C=O) groups excluding carboxylic acids is 3. The van der Waals surface area contributed by atoms with Gasteiger partial charge >= 0.3 is 0 Å². The molecule has 0 radical (unpaired) electrons. The SMILES string of the molecule is CCC[C@@]12CCC[C@@](c3ccc(C45CC6(C(=O)NC7CCNCC7(C)C)C[C@](CC)(C4)C[C@@](c4ccc(C78CC9(C(=O)N[C@@H]%10CCNC[C@H]%10O)C[C@](CC)(C7)C[C@@](c7ccccc7)(C9)C8)cc4)(C6)C5)cc3)(CC(CCC(=O)N[C@@H]3CCNC[C@@H]3F)C1)C2. The van der Waals surface area contributed by atoms with Crippen LogP contribution in [0.3, 0.4) is 0 Å². The van der Waals surface area contributed by atoms with Gasteiger partial charge in [-0.25, -0.2) is 4.39 Å². The van der Waals surface area contributed by atoms with Crippen LogP contribution in [0.2, 0.25) is 0 Å². The van der Waals surface area contributed by atoms with Crippen molar-refractivity contribution >= 4 is 17.7 Å². The van der Waals surface area contributed by atoms with E-state index in [0.29, 0.717) is 37.8 Å². The average molecular weight is 1190 g/mol. The molecule has 7 N–H and O–H groups in total. The van der Waals surface area contributed by atoms with Gasteiger partial charge in [0.05, 0.1) is 29.0 Å². The van der Waals surface area contributed by atoms with Gasteiger partial charge in [0.1, 0.15) is 6.17 Å². The highest BCUT2D eigenvalue weighted by atomic mass is 19.1. The Morgan fingerprint density at radius 3 is 1.57 bits per heavy atom. The van der Waals surface area contributed by atoms with Crippen molar-refractivity contribution in [2.45, 2.75) is 265 Å². The van der Waals surface area contributed by atoms with Gasteiger partial charge < -0.3 is 37.0 Å². The molecule has 10 saturated carbocycles. The second kappa shape index (κ2) is 22.0. The maximum atomic E-state index is 16.0. The summed E-state index contributed by atoms with van der Waals surface area (Å²) in [5.74, 6) is 0.918. The van der Waals surface area contributed by atoms with Crippen LogP contribution in [0.4, 0.5) is 4.39 Å². The van der Waals surface area contributed by atoms with Crippen molar-refractivity contribution in [1.82, 2.24) is 31.9 Å². The number of β-amino-alcohol motifs (C(OH)–C–C–N with tert-alkyl or cyclic N) is 1. The number of aliphatic hydroxyl groups excluding tert-OH is 1. The van der Waals surface area contributed by atoms with E-state index in [9.17, 15) is 14.3 Å². The molecule has 0 aromatic heterocycles. The Labute approximate surface area is 520 Å². The maximum Gasteiger partial charge on any atom is 0.226 e. The Kier molecular flexibility index (Phi) is 15.3. The molecule has 13 fully saturated rings. The minimum atomic E-state index is -1.04. The second-order valence-electron chi connectivity index (χ2n) is 33.7. The van der Waals surface area contributed by atoms with Crippen molar-refractivity contribution in [2.75, 3.05) is 39.3 Å². The van der Waals surface area contributed by atoms with E-state index in [2.05, 4.69) is 145 Å². The standard InChI is InChI=1S/C76H107FN6O4/c1-6-28-69-29-12-30-70(44-69,35-52(34-69)15-24-63(85)81-59-25-31-78-36-58(59)77)54-16-18-55(19-17-54)73-40-68(8-3)41-74(46-73,50-76(43-68,49-73)65(87)83-62-27-33-80-51-66(62,4)5)57-22-20-56(21-23-57)72-39-67(7-2)38-71(45-72,53-13-10-9-11-14-53)47-75(42-67,48-72)64(86)82-60-26-32-79-37-61(60)84/h9-11,13-14,16-23,52,58-62,78-80,84H,6-8,12,15,24-51H2,1-5H3,(H,81,85)(H,82,86)(H,83,87)/t52?,58-,59+,60+,61+,62?,67-,68+,69+,70+,71-,72?,73?,74-,75?,76?/m0/s1. The molecule has 3 saturated heterocycles. The fourth-order valence-corrected chi connectivity index (χ4v) is 24.7. The number of hydrogen-bond acceptors (Lipinski definition) is 7. The first kappa shape index (κ1) is 60.4. The fraction of sp³-hybridized carbons (Fsp3) is 0.724. The summed E-state index contributed by atoms with van der Waals surface area (Å²) in [7, 11) is 0. The highest BCUT2D eigenvalue weighted by molar-refractivity contribution is 5.85. The van der Waals surface area contributed by atoms with Gasteiger partial charge in [0.25, 0.3) is 0 Å². The molecule has 3 amide bonds. The van der Waals surface area contributed by atoms with E-state index in [-0.39, 0.29) is 78.7 Å². The first-order valence-electron chi connectivity index (χ1n) is 35.3. The predicted molar refractivity (Wildman–Crippen MR) is 344 cm³/mol. The lowest BCUT2D eigenvalue weighted by atomic mass is 9.32. The maximum absolute atomic E-state index is 16.0. The van der Waals surface area contributed by atoms with E-state index in [1.165, 1.54) is 72.8 Å². The van der Waals surface area contributed by atoms with Crippen LogP contribution >= 0.6 is 0 Å². The monoisotopic (exact) mass is 1190 g/mol. The molecule has 3 heterocycles. The van der Waals surface area contributed by atoms with Gasteiger partial charge in [0.2, 0.25) is 17.7 Å². The summed E-state index contributed by atoms with van der Waals surface area (Å²) < 4.78 is 14.8.